The Bertz CT molecular complexity index is 724. The Kier molecular flexibility index (Phi) is 7.71. The Labute approximate surface area is 173 Å². The van der Waals surface area contributed by atoms with Gasteiger partial charge in [-0.3, -0.25) is 0 Å². The van der Waals surface area contributed by atoms with Gasteiger partial charge in [-0.05, 0) is 37.8 Å². The molecule has 2 aromatic rings. The van der Waals surface area contributed by atoms with Gasteiger partial charge in [0, 0.05) is 25.0 Å². The van der Waals surface area contributed by atoms with E-state index in [9.17, 15) is 0 Å². The molecule has 1 aromatic carbocycles. The molecule has 0 spiro atoms. The number of unbranched alkanes of at least 4 members (excludes halogenated alkanes) is 1. The maximum Gasteiger partial charge on any atom is 0.188 e. The number of aryl methyl sites for hydroxylation is 1. The van der Waals surface area contributed by atoms with Crippen LogP contribution in [0.25, 0.3) is 0 Å². The van der Waals surface area contributed by atoms with Crippen molar-refractivity contribution in [2.45, 2.75) is 70.2 Å². The van der Waals surface area contributed by atoms with Gasteiger partial charge >= 0.3 is 0 Å². The van der Waals surface area contributed by atoms with E-state index in [2.05, 4.69) is 16.9 Å². The molecule has 0 amide bonds. The van der Waals surface area contributed by atoms with Gasteiger partial charge in [-0.2, -0.15) is 5.10 Å². The number of nitrogens with zero attached hydrogens (tertiary/aromatic N) is 3. The summed E-state index contributed by atoms with van der Waals surface area (Å²) in [7, 11) is 0. The molecule has 4 rings (SSSR count). The zero-order chi connectivity index (χ0) is 18.5. The highest BCUT2D eigenvalue weighted by atomic mass is 35.5. The second kappa shape index (κ2) is 10.2. The van der Waals surface area contributed by atoms with Crippen LogP contribution in [0.5, 0.6) is 5.75 Å². The van der Waals surface area contributed by atoms with E-state index in [0.29, 0.717) is 24.7 Å². The minimum Gasteiger partial charge on any atom is -0.486 e. The summed E-state index contributed by atoms with van der Waals surface area (Å²) < 4.78 is 13.9. The number of rotatable bonds is 7. The van der Waals surface area contributed by atoms with Crippen LogP contribution in [-0.4, -0.2) is 40.1 Å². The van der Waals surface area contributed by atoms with E-state index in [0.717, 1.165) is 69.2 Å². The summed E-state index contributed by atoms with van der Waals surface area (Å²) in [5, 5.41) is 8.40. The topological polar surface area (TPSA) is 61.2 Å². The molecule has 2 fully saturated rings. The van der Waals surface area contributed by atoms with E-state index >= 15 is 0 Å². The van der Waals surface area contributed by atoms with Gasteiger partial charge in [-0.25, -0.2) is 9.67 Å². The Hall–Kier alpha value is -1.63. The van der Waals surface area contributed by atoms with Crippen molar-refractivity contribution in [3.05, 3.63) is 42.0 Å². The summed E-state index contributed by atoms with van der Waals surface area (Å²) in [5.41, 5.74) is 0. The molecule has 2 aliphatic rings. The van der Waals surface area contributed by atoms with Crippen LogP contribution in [-0.2, 0) is 17.9 Å². The third-order valence-electron chi connectivity index (χ3n) is 5.57. The predicted octanol–water partition coefficient (Wildman–Crippen LogP) is 3.70. The average molecular weight is 407 g/mol. The van der Waals surface area contributed by atoms with E-state index < -0.39 is 0 Å². The first-order valence-corrected chi connectivity index (χ1v) is 10.3. The molecule has 1 N–H and O–H groups in total. The molecule has 154 valence electrons. The predicted molar refractivity (Wildman–Crippen MR) is 111 cm³/mol. The number of benzene rings is 1. The van der Waals surface area contributed by atoms with Gasteiger partial charge in [0.1, 0.15) is 18.2 Å². The number of para-hydroxylation sites is 1. The molecule has 1 aromatic heterocycles. The minimum absolute atomic E-state index is 0. The number of hydrogen-bond donors (Lipinski definition) is 1. The fourth-order valence-corrected chi connectivity index (χ4v) is 4.15. The standard InChI is InChI=1S/C21H30N4O2.ClH/c1-2-3-12-25-21(16-9-10-19-18(14-16)22-11-13-26-19)23-20(24-25)15-27-17-7-5-4-6-8-17;/h4-8,16,18-19,22H,2-3,9-15H2,1H3;1H/t16-,18+,19+;/m0./s1. The molecule has 2 heterocycles. The summed E-state index contributed by atoms with van der Waals surface area (Å²) >= 11 is 0. The smallest absolute Gasteiger partial charge is 0.188 e. The summed E-state index contributed by atoms with van der Waals surface area (Å²) in [5.74, 6) is 3.20. The van der Waals surface area contributed by atoms with Gasteiger partial charge in [-0.1, -0.05) is 31.5 Å². The lowest BCUT2D eigenvalue weighted by molar-refractivity contribution is -0.0282. The van der Waals surface area contributed by atoms with Crippen molar-refractivity contribution in [2.75, 3.05) is 13.2 Å². The van der Waals surface area contributed by atoms with Crippen LogP contribution < -0.4 is 10.1 Å². The molecule has 1 aliphatic heterocycles. The highest BCUT2D eigenvalue weighted by Crippen LogP contribution is 2.34. The molecule has 6 nitrogen and oxygen atoms in total. The van der Waals surface area contributed by atoms with E-state index in [4.69, 9.17) is 19.6 Å². The minimum atomic E-state index is 0. The fourth-order valence-electron chi connectivity index (χ4n) is 4.15. The van der Waals surface area contributed by atoms with Gasteiger partial charge in [-0.15, -0.1) is 12.4 Å². The number of fused-ring (bicyclic) bond motifs is 1. The van der Waals surface area contributed by atoms with Crippen molar-refractivity contribution < 1.29 is 9.47 Å². The van der Waals surface area contributed by atoms with Gasteiger partial charge in [0.15, 0.2) is 5.82 Å². The Morgan fingerprint density at radius 2 is 2.11 bits per heavy atom. The first kappa shape index (κ1) is 21.1. The van der Waals surface area contributed by atoms with Crippen LogP contribution in [0, 0.1) is 0 Å². The molecule has 28 heavy (non-hydrogen) atoms. The zero-order valence-corrected chi connectivity index (χ0v) is 17.4. The maximum atomic E-state index is 5.93. The third-order valence-corrected chi connectivity index (χ3v) is 5.57. The molecule has 0 unspecified atom stereocenters. The van der Waals surface area contributed by atoms with Crippen molar-refractivity contribution in [3.8, 4) is 5.75 Å². The normalized spacial score (nSPS) is 24.2. The molecule has 1 saturated heterocycles. The quantitative estimate of drug-likeness (QED) is 0.759. The number of nitrogens with one attached hydrogen (secondary N) is 1. The third kappa shape index (κ3) is 5.04. The van der Waals surface area contributed by atoms with E-state index in [-0.39, 0.29) is 12.4 Å². The highest BCUT2D eigenvalue weighted by molar-refractivity contribution is 5.85. The van der Waals surface area contributed by atoms with Gasteiger partial charge in [0.05, 0.1) is 12.7 Å². The molecular weight excluding hydrogens is 376 g/mol. The number of hydrogen-bond acceptors (Lipinski definition) is 5. The molecule has 1 aliphatic carbocycles. The van der Waals surface area contributed by atoms with Gasteiger partial charge in [0.25, 0.3) is 0 Å². The monoisotopic (exact) mass is 406 g/mol. The fraction of sp³-hybridized carbons (Fsp3) is 0.619. The van der Waals surface area contributed by atoms with Crippen LogP contribution in [0.4, 0.5) is 0 Å². The lowest BCUT2D eigenvalue weighted by Gasteiger charge is -2.39. The maximum absolute atomic E-state index is 5.93. The largest absolute Gasteiger partial charge is 0.486 e. The Morgan fingerprint density at radius 3 is 2.93 bits per heavy atom. The number of ether oxygens (including phenoxy) is 2. The first-order chi connectivity index (χ1) is 13.3. The average Bonchev–Trinajstić information content (AvgIpc) is 3.14. The Balaban J connectivity index is 0.00000225. The van der Waals surface area contributed by atoms with Crippen molar-refractivity contribution in [3.63, 3.8) is 0 Å². The second-order valence-corrected chi connectivity index (χ2v) is 7.54. The molecule has 0 radical (unpaired) electrons. The SMILES string of the molecule is CCCCn1nc(COc2ccccc2)nc1[C@H]1CC[C@H]2OCCN[C@@H]2C1.Cl. The molecule has 7 heteroatoms. The van der Waals surface area contributed by atoms with Crippen LogP contribution >= 0.6 is 12.4 Å². The summed E-state index contributed by atoms with van der Waals surface area (Å²) in [6.07, 6.45) is 5.93. The summed E-state index contributed by atoms with van der Waals surface area (Å²) in [6.45, 7) is 5.34. The van der Waals surface area contributed by atoms with Crippen molar-refractivity contribution in [1.29, 1.82) is 0 Å². The van der Waals surface area contributed by atoms with E-state index in [1.54, 1.807) is 0 Å². The van der Waals surface area contributed by atoms with Crippen molar-refractivity contribution >= 4 is 12.4 Å². The number of halogens is 1. The zero-order valence-electron chi connectivity index (χ0n) is 16.5. The van der Waals surface area contributed by atoms with Crippen LogP contribution in [0.15, 0.2) is 30.3 Å². The number of aromatic nitrogens is 3. The van der Waals surface area contributed by atoms with Crippen LogP contribution in [0.1, 0.15) is 56.6 Å². The van der Waals surface area contributed by atoms with Gasteiger partial charge in [0.2, 0.25) is 0 Å². The van der Waals surface area contributed by atoms with Crippen molar-refractivity contribution in [2.24, 2.45) is 0 Å². The molecule has 3 atom stereocenters. The molecule has 1 saturated carbocycles. The Morgan fingerprint density at radius 1 is 1.25 bits per heavy atom. The molecular formula is C21H31ClN4O2. The second-order valence-electron chi connectivity index (χ2n) is 7.54. The lowest BCUT2D eigenvalue weighted by Crippen LogP contribution is -2.51. The first-order valence-electron chi connectivity index (χ1n) is 10.3. The summed E-state index contributed by atoms with van der Waals surface area (Å²) in [4.78, 5) is 4.90. The number of morpholine rings is 1. The van der Waals surface area contributed by atoms with Crippen molar-refractivity contribution in [1.82, 2.24) is 20.1 Å². The highest BCUT2D eigenvalue weighted by Gasteiger charge is 2.35. The van der Waals surface area contributed by atoms with Crippen LogP contribution in [0.2, 0.25) is 0 Å². The molecule has 0 bridgehead atoms. The lowest BCUT2D eigenvalue weighted by atomic mass is 9.82. The summed E-state index contributed by atoms with van der Waals surface area (Å²) in [6, 6.07) is 10.3. The van der Waals surface area contributed by atoms with E-state index in [1.165, 1.54) is 0 Å². The van der Waals surface area contributed by atoms with E-state index in [1.807, 2.05) is 30.3 Å². The van der Waals surface area contributed by atoms with Crippen LogP contribution in [0.3, 0.4) is 0 Å². The van der Waals surface area contributed by atoms with Gasteiger partial charge < -0.3 is 14.8 Å².